The number of nitrogens with one attached hydrogen (secondary N) is 1. The topological polar surface area (TPSA) is 83.9 Å². The lowest BCUT2D eigenvalue weighted by Gasteiger charge is -2.20. The van der Waals surface area contributed by atoms with Crippen molar-refractivity contribution < 1.29 is 14.3 Å². The minimum Gasteiger partial charge on any atom is -0.497 e. The van der Waals surface area contributed by atoms with Gasteiger partial charge in [0.1, 0.15) is 18.0 Å². The molecule has 0 aliphatic carbocycles. The molecule has 0 unspecified atom stereocenters. The highest BCUT2D eigenvalue weighted by Gasteiger charge is 2.27. The Morgan fingerprint density at radius 1 is 1.16 bits per heavy atom. The first-order valence-electron chi connectivity index (χ1n) is 9.56. The molecule has 156 valence electrons. The fourth-order valence-corrected chi connectivity index (χ4v) is 3.65. The number of amides is 2. The third-order valence-corrected chi connectivity index (χ3v) is 5.22. The maximum Gasteiger partial charge on any atom is 0.244 e. The van der Waals surface area contributed by atoms with Gasteiger partial charge in [0, 0.05) is 16.4 Å². The Morgan fingerprint density at radius 3 is 2.71 bits per heavy atom. The van der Waals surface area contributed by atoms with Crippen LogP contribution in [0.15, 0.2) is 76.3 Å². The third kappa shape index (κ3) is 4.80. The maximum absolute atomic E-state index is 13.1. The number of aliphatic imine (C=N–C) groups is 1. The molecule has 0 bridgehead atoms. The summed E-state index contributed by atoms with van der Waals surface area (Å²) in [7, 11) is 1.60. The Hall–Kier alpha value is -3.52. The number of carbonyl (C=O) groups excluding carboxylic acids is 2. The Kier molecular flexibility index (Phi) is 6.08. The minimum absolute atomic E-state index is 0.0485. The first-order valence-corrected chi connectivity index (χ1v) is 10.4. The maximum atomic E-state index is 13.1. The molecule has 2 aromatic carbocycles. The molecule has 1 aromatic heterocycles. The molecule has 0 spiro atoms. The van der Waals surface area contributed by atoms with Crippen molar-refractivity contribution in [1.82, 2.24) is 4.98 Å². The van der Waals surface area contributed by atoms with Crippen LogP contribution in [0, 0.1) is 0 Å². The van der Waals surface area contributed by atoms with E-state index >= 15 is 0 Å². The van der Waals surface area contributed by atoms with Gasteiger partial charge in [-0.05, 0) is 60.2 Å². The van der Waals surface area contributed by atoms with Crippen molar-refractivity contribution in [1.29, 1.82) is 0 Å². The highest BCUT2D eigenvalue weighted by atomic mass is 79.9. The van der Waals surface area contributed by atoms with Crippen molar-refractivity contribution >= 4 is 50.6 Å². The van der Waals surface area contributed by atoms with Gasteiger partial charge in [-0.1, -0.05) is 22.0 Å². The molecule has 2 heterocycles. The van der Waals surface area contributed by atoms with Gasteiger partial charge < -0.3 is 10.1 Å². The van der Waals surface area contributed by atoms with Crippen LogP contribution in [0.2, 0.25) is 0 Å². The van der Waals surface area contributed by atoms with Gasteiger partial charge in [-0.2, -0.15) is 0 Å². The molecule has 8 heteroatoms. The summed E-state index contributed by atoms with van der Waals surface area (Å²) in [6.45, 7) is -0.166. The second-order valence-electron chi connectivity index (χ2n) is 6.85. The number of pyridine rings is 1. The van der Waals surface area contributed by atoms with E-state index in [9.17, 15) is 9.59 Å². The van der Waals surface area contributed by atoms with Gasteiger partial charge in [-0.15, -0.1) is 0 Å². The Bertz CT molecular complexity index is 1160. The van der Waals surface area contributed by atoms with Crippen LogP contribution >= 0.6 is 15.9 Å². The van der Waals surface area contributed by atoms with Crippen molar-refractivity contribution in [2.24, 2.45) is 4.99 Å². The molecule has 0 radical (unpaired) electrons. The standard InChI is InChI=1S/C23H19BrN4O3/c1-31-18-9-7-15(8-10-18)20-13-22(30)28(23-19(27-20)6-3-11-25-23)14-21(29)26-17-5-2-4-16(24)12-17/h2-12H,13-14H2,1H3,(H,26,29). The number of methoxy groups -OCH3 is 1. The lowest BCUT2D eigenvalue weighted by Crippen LogP contribution is -2.38. The number of fused-ring (bicyclic) bond motifs is 1. The van der Waals surface area contributed by atoms with Gasteiger partial charge in [-0.25, -0.2) is 9.98 Å². The van der Waals surface area contributed by atoms with E-state index in [0.29, 0.717) is 22.9 Å². The van der Waals surface area contributed by atoms with Crippen LogP contribution in [0.4, 0.5) is 17.2 Å². The molecule has 31 heavy (non-hydrogen) atoms. The van der Waals surface area contributed by atoms with Crippen LogP contribution in [0.1, 0.15) is 12.0 Å². The summed E-state index contributed by atoms with van der Waals surface area (Å²) in [5.41, 5.74) is 2.59. The van der Waals surface area contributed by atoms with Gasteiger partial charge in [0.2, 0.25) is 11.8 Å². The van der Waals surface area contributed by atoms with Crippen LogP contribution < -0.4 is 15.0 Å². The number of anilines is 2. The fourth-order valence-electron chi connectivity index (χ4n) is 3.25. The van der Waals surface area contributed by atoms with Crippen LogP contribution in [-0.2, 0) is 9.59 Å². The number of benzene rings is 2. The van der Waals surface area contributed by atoms with E-state index in [1.807, 2.05) is 36.4 Å². The molecule has 1 aliphatic rings. The molecule has 0 fully saturated rings. The summed E-state index contributed by atoms with van der Waals surface area (Å²) >= 11 is 3.38. The van der Waals surface area contributed by atoms with Gasteiger partial charge in [0.05, 0.1) is 19.2 Å². The number of hydrogen-bond acceptors (Lipinski definition) is 5. The van der Waals surface area contributed by atoms with Crippen LogP contribution in [0.5, 0.6) is 5.75 Å². The molecule has 0 atom stereocenters. The van der Waals surface area contributed by atoms with E-state index in [2.05, 4.69) is 31.2 Å². The monoisotopic (exact) mass is 478 g/mol. The molecular weight excluding hydrogens is 460 g/mol. The molecule has 0 saturated heterocycles. The number of ether oxygens (including phenoxy) is 1. The lowest BCUT2D eigenvalue weighted by molar-refractivity contribution is -0.120. The molecule has 1 aliphatic heterocycles. The SMILES string of the molecule is COc1ccc(C2=Nc3cccnc3N(CC(=O)Nc3cccc(Br)c3)C(=O)C2)cc1. The summed E-state index contributed by atoms with van der Waals surface area (Å²) in [6.07, 6.45) is 1.63. The number of halogens is 1. The second kappa shape index (κ2) is 9.09. The molecular formula is C23H19BrN4O3. The van der Waals surface area contributed by atoms with Crippen LogP contribution in [0.25, 0.3) is 0 Å². The smallest absolute Gasteiger partial charge is 0.244 e. The highest BCUT2D eigenvalue weighted by molar-refractivity contribution is 9.10. The fraction of sp³-hybridized carbons (Fsp3) is 0.130. The number of hydrogen-bond donors (Lipinski definition) is 1. The lowest BCUT2D eigenvalue weighted by atomic mass is 10.1. The van der Waals surface area contributed by atoms with Gasteiger partial charge in [0.25, 0.3) is 0 Å². The quantitative estimate of drug-likeness (QED) is 0.590. The number of carbonyl (C=O) groups is 2. The highest BCUT2D eigenvalue weighted by Crippen LogP contribution is 2.31. The zero-order chi connectivity index (χ0) is 21.8. The molecule has 7 nitrogen and oxygen atoms in total. The van der Waals surface area contributed by atoms with Gasteiger partial charge >= 0.3 is 0 Å². The van der Waals surface area contributed by atoms with E-state index in [4.69, 9.17) is 4.74 Å². The average Bonchev–Trinajstić information content (AvgIpc) is 2.90. The van der Waals surface area contributed by atoms with Crippen LogP contribution in [0.3, 0.4) is 0 Å². The number of rotatable bonds is 5. The number of nitrogens with zero attached hydrogens (tertiary/aromatic N) is 3. The summed E-state index contributed by atoms with van der Waals surface area (Å²) < 4.78 is 6.05. The van der Waals surface area contributed by atoms with E-state index in [1.54, 1.807) is 37.6 Å². The zero-order valence-corrected chi connectivity index (χ0v) is 18.3. The third-order valence-electron chi connectivity index (χ3n) is 4.73. The molecule has 2 amide bonds. The van der Waals surface area contributed by atoms with E-state index < -0.39 is 0 Å². The Balaban J connectivity index is 1.60. The van der Waals surface area contributed by atoms with Crippen molar-refractivity contribution in [3.8, 4) is 5.75 Å². The summed E-state index contributed by atoms with van der Waals surface area (Å²) in [5.74, 6) is 0.505. The van der Waals surface area contributed by atoms with Crippen molar-refractivity contribution in [2.75, 3.05) is 23.9 Å². The predicted molar refractivity (Wildman–Crippen MR) is 123 cm³/mol. The summed E-state index contributed by atoms with van der Waals surface area (Å²) in [4.78, 5) is 36.2. The largest absolute Gasteiger partial charge is 0.497 e. The zero-order valence-electron chi connectivity index (χ0n) is 16.7. The molecule has 0 saturated carbocycles. The van der Waals surface area contributed by atoms with Crippen molar-refractivity contribution in [3.63, 3.8) is 0 Å². The van der Waals surface area contributed by atoms with E-state index in [0.717, 1.165) is 15.8 Å². The summed E-state index contributed by atoms with van der Waals surface area (Å²) in [6, 6.07) is 18.2. The van der Waals surface area contributed by atoms with E-state index in [1.165, 1.54) is 4.90 Å². The second-order valence-corrected chi connectivity index (χ2v) is 7.76. The average molecular weight is 479 g/mol. The molecule has 4 rings (SSSR count). The van der Waals surface area contributed by atoms with Crippen molar-refractivity contribution in [2.45, 2.75) is 6.42 Å². The minimum atomic E-state index is -0.323. The van der Waals surface area contributed by atoms with Crippen molar-refractivity contribution in [3.05, 3.63) is 76.9 Å². The predicted octanol–water partition coefficient (Wildman–Crippen LogP) is 4.35. The van der Waals surface area contributed by atoms with E-state index in [-0.39, 0.29) is 24.8 Å². The molecule has 3 aromatic rings. The van der Waals surface area contributed by atoms with Gasteiger partial charge in [-0.3, -0.25) is 14.5 Å². The Labute approximate surface area is 187 Å². The number of aromatic nitrogens is 1. The van der Waals surface area contributed by atoms with Gasteiger partial charge in [0.15, 0.2) is 5.82 Å². The first kappa shape index (κ1) is 20.7. The normalized spacial score (nSPS) is 13.2. The van der Waals surface area contributed by atoms with Crippen LogP contribution in [-0.4, -0.2) is 36.2 Å². The molecule has 1 N–H and O–H groups in total. The summed E-state index contributed by atoms with van der Waals surface area (Å²) in [5, 5.41) is 2.82. The first-order chi connectivity index (χ1) is 15.0. The Morgan fingerprint density at radius 2 is 1.97 bits per heavy atom.